The van der Waals surface area contributed by atoms with Gasteiger partial charge in [0, 0.05) is 60.7 Å². The summed E-state index contributed by atoms with van der Waals surface area (Å²) in [7, 11) is 0. The van der Waals surface area contributed by atoms with E-state index in [-0.39, 0.29) is 30.5 Å². The van der Waals surface area contributed by atoms with Gasteiger partial charge in [0.2, 0.25) is 5.91 Å². The van der Waals surface area contributed by atoms with E-state index in [1.807, 2.05) is 53.1 Å². The molecule has 1 fully saturated rings. The molecule has 0 spiro atoms. The molecule has 1 saturated carbocycles. The predicted molar refractivity (Wildman–Crippen MR) is 150 cm³/mol. The van der Waals surface area contributed by atoms with E-state index in [9.17, 15) is 14.4 Å². The minimum absolute atomic E-state index is 0.102. The Morgan fingerprint density at radius 1 is 1.10 bits per heavy atom. The molecule has 40 heavy (non-hydrogen) atoms. The Hall–Kier alpha value is -4.90. The van der Waals surface area contributed by atoms with Gasteiger partial charge in [0.15, 0.2) is 17.1 Å². The number of hydrogen-bond acceptors (Lipinski definition) is 8. The van der Waals surface area contributed by atoms with Crippen LogP contribution in [0.5, 0.6) is 0 Å². The predicted octanol–water partition coefficient (Wildman–Crippen LogP) is 4.66. The van der Waals surface area contributed by atoms with Crippen molar-refractivity contribution in [1.29, 1.82) is 0 Å². The van der Waals surface area contributed by atoms with Gasteiger partial charge in [-0.15, -0.1) is 11.3 Å². The molecule has 2 N–H and O–H groups in total. The summed E-state index contributed by atoms with van der Waals surface area (Å²) in [6.07, 6.45) is 7.02. The molecule has 200 valence electrons. The lowest BCUT2D eigenvalue weighted by molar-refractivity contribution is -0.152. The van der Waals surface area contributed by atoms with Gasteiger partial charge in [0.25, 0.3) is 5.91 Å². The number of thiazole rings is 1. The fraction of sp³-hybridized carbons (Fsp3) is 0.172. The molecule has 1 aliphatic carbocycles. The highest BCUT2D eigenvalue weighted by atomic mass is 32.1. The molecule has 2 amide bonds. The van der Waals surface area contributed by atoms with Crippen LogP contribution in [-0.4, -0.2) is 42.9 Å². The molecule has 2 aromatic carbocycles. The van der Waals surface area contributed by atoms with Gasteiger partial charge in [-0.3, -0.25) is 19.5 Å². The largest absolute Gasteiger partial charge is 0.444 e. The van der Waals surface area contributed by atoms with Gasteiger partial charge in [-0.05, 0) is 23.6 Å². The number of anilines is 2. The fourth-order valence-corrected chi connectivity index (χ4v) is 5.74. The number of amides is 2. The van der Waals surface area contributed by atoms with E-state index in [2.05, 4.69) is 15.0 Å². The molecule has 1 aliphatic rings. The molecule has 0 atom stereocenters. The SMILES string of the molecule is CC(=O)N(c1cn(C2CC(OC(=O)c3csc(-c4cccnc4)n3)(C(N)=O)C2)cn1)c1cccc2ccccc12. The lowest BCUT2D eigenvalue weighted by Crippen LogP contribution is -2.57. The van der Waals surface area contributed by atoms with Crippen molar-refractivity contribution in [2.75, 3.05) is 4.90 Å². The fourth-order valence-electron chi connectivity index (χ4n) is 4.96. The van der Waals surface area contributed by atoms with Crippen LogP contribution in [0.3, 0.4) is 0 Å². The molecule has 5 aromatic rings. The number of imidazole rings is 1. The van der Waals surface area contributed by atoms with E-state index in [0.29, 0.717) is 10.8 Å². The summed E-state index contributed by atoms with van der Waals surface area (Å²) in [5.74, 6) is -1.18. The molecule has 3 heterocycles. The molecule has 0 unspecified atom stereocenters. The molecule has 10 nitrogen and oxygen atoms in total. The maximum atomic E-state index is 12.9. The zero-order valence-electron chi connectivity index (χ0n) is 21.4. The number of benzene rings is 2. The molecule has 0 radical (unpaired) electrons. The van der Waals surface area contributed by atoms with Gasteiger partial charge in [-0.25, -0.2) is 14.8 Å². The summed E-state index contributed by atoms with van der Waals surface area (Å²) in [6.45, 7) is 1.49. The zero-order chi connectivity index (χ0) is 27.9. The highest BCUT2D eigenvalue weighted by molar-refractivity contribution is 7.13. The number of nitrogens with zero attached hydrogens (tertiary/aromatic N) is 5. The number of carbonyl (C=O) groups is 3. The maximum Gasteiger partial charge on any atom is 0.358 e. The number of carbonyl (C=O) groups excluding carboxylic acids is 3. The molecule has 3 aromatic heterocycles. The second-order valence-corrected chi connectivity index (χ2v) is 10.5. The third kappa shape index (κ3) is 4.50. The summed E-state index contributed by atoms with van der Waals surface area (Å²) in [6, 6.07) is 17.0. The second kappa shape index (κ2) is 10.0. The lowest BCUT2D eigenvalue weighted by Gasteiger charge is -2.44. The zero-order valence-corrected chi connectivity index (χ0v) is 22.2. The topological polar surface area (TPSA) is 133 Å². The molecule has 6 rings (SSSR count). The maximum absolute atomic E-state index is 12.9. The van der Waals surface area contributed by atoms with Crippen molar-refractivity contribution in [1.82, 2.24) is 19.5 Å². The van der Waals surface area contributed by atoms with Crippen LogP contribution in [0.15, 0.2) is 84.9 Å². The van der Waals surface area contributed by atoms with Crippen molar-refractivity contribution >= 4 is 51.4 Å². The number of pyridine rings is 1. The Morgan fingerprint density at radius 3 is 2.65 bits per heavy atom. The Labute approximate surface area is 233 Å². The van der Waals surface area contributed by atoms with E-state index in [0.717, 1.165) is 22.0 Å². The standard InChI is InChI=1S/C29H24N6O4S/c1-18(36)35(24-10-4-7-19-6-2-3-9-22(19)24)25-15-34(17-32-25)21-12-29(13-21,28(30)38)39-27(37)23-16-40-26(33-23)20-8-5-11-31-14-20/h2-11,14-17,21H,12-13H2,1H3,(H2,30,38). The first-order chi connectivity index (χ1) is 19.3. The van der Waals surface area contributed by atoms with Gasteiger partial charge in [-0.1, -0.05) is 36.4 Å². The number of nitrogens with two attached hydrogens (primary N) is 1. The number of aromatic nitrogens is 4. The minimum Gasteiger partial charge on any atom is -0.444 e. The average Bonchev–Trinajstić information content (AvgIpc) is 3.62. The van der Waals surface area contributed by atoms with Crippen molar-refractivity contribution in [2.24, 2.45) is 5.73 Å². The lowest BCUT2D eigenvalue weighted by atomic mass is 9.74. The first-order valence-corrected chi connectivity index (χ1v) is 13.4. The van der Waals surface area contributed by atoms with E-state index in [1.54, 1.807) is 41.3 Å². The molecule has 0 bridgehead atoms. The number of rotatable bonds is 7. The van der Waals surface area contributed by atoms with Crippen LogP contribution < -0.4 is 10.6 Å². The quantitative estimate of drug-likeness (QED) is 0.290. The van der Waals surface area contributed by atoms with Crippen LogP contribution in [0, 0.1) is 0 Å². The summed E-state index contributed by atoms with van der Waals surface area (Å²) < 4.78 is 7.46. The number of ether oxygens (including phenoxy) is 1. The normalized spacial score (nSPS) is 18.2. The first-order valence-electron chi connectivity index (χ1n) is 12.6. The average molecular weight is 553 g/mol. The minimum atomic E-state index is -1.46. The van der Waals surface area contributed by atoms with Crippen molar-refractivity contribution in [3.8, 4) is 10.6 Å². The Morgan fingerprint density at radius 2 is 1.90 bits per heavy atom. The summed E-state index contributed by atoms with van der Waals surface area (Å²) >= 11 is 1.28. The van der Waals surface area contributed by atoms with Crippen LogP contribution in [-0.2, 0) is 14.3 Å². The van der Waals surface area contributed by atoms with Gasteiger partial charge < -0.3 is 15.0 Å². The monoisotopic (exact) mass is 552 g/mol. The Bertz CT molecular complexity index is 1740. The van der Waals surface area contributed by atoms with Gasteiger partial charge in [0.1, 0.15) is 5.01 Å². The van der Waals surface area contributed by atoms with Crippen molar-refractivity contribution < 1.29 is 19.1 Å². The Kier molecular flexibility index (Phi) is 6.35. The molecular formula is C29H24N6O4S. The summed E-state index contributed by atoms with van der Waals surface area (Å²) in [5.41, 5.74) is 5.84. The van der Waals surface area contributed by atoms with Crippen LogP contribution in [0.2, 0.25) is 0 Å². The summed E-state index contributed by atoms with van der Waals surface area (Å²) in [5, 5.41) is 4.13. The number of fused-ring (bicyclic) bond motifs is 1. The van der Waals surface area contributed by atoms with Crippen molar-refractivity contribution in [3.05, 3.63) is 90.6 Å². The molecule has 11 heteroatoms. The number of esters is 1. The van der Waals surface area contributed by atoms with E-state index in [1.165, 1.54) is 18.3 Å². The first kappa shape index (κ1) is 25.4. The number of hydrogen-bond donors (Lipinski definition) is 1. The smallest absolute Gasteiger partial charge is 0.358 e. The highest BCUT2D eigenvalue weighted by Crippen LogP contribution is 2.45. The van der Waals surface area contributed by atoms with E-state index >= 15 is 0 Å². The molecular weight excluding hydrogens is 528 g/mol. The Balaban J connectivity index is 1.19. The van der Waals surface area contributed by atoms with Gasteiger partial charge in [0.05, 0.1) is 12.0 Å². The number of primary amides is 1. The second-order valence-electron chi connectivity index (χ2n) is 9.62. The molecule has 0 saturated heterocycles. The third-order valence-electron chi connectivity index (χ3n) is 7.05. The molecule has 0 aliphatic heterocycles. The van der Waals surface area contributed by atoms with E-state index < -0.39 is 17.5 Å². The van der Waals surface area contributed by atoms with Crippen LogP contribution in [0.25, 0.3) is 21.3 Å². The van der Waals surface area contributed by atoms with Crippen LogP contribution in [0.1, 0.15) is 36.3 Å². The third-order valence-corrected chi connectivity index (χ3v) is 7.94. The van der Waals surface area contributed by atoms with Crippen molar-refractivity contribution in [2.45, 2.75) is 31.4 Å². The highest BCUT2D eigenvalue weighted by Gasteiger charge is 2.53. The van der Waals surface area contributed by atoms with Crippen LogP contribution >= 0.6 is 11.3 Å². The van der Waals surface area contributed by atoms with Crippen molar-refractivity contribution in [3.63, 3.8) is 0 Å². The summed E-state index contributed by atoms with van der Waals surface area (Å²) in [4.78, 5) is 52.5. The van der Waals surface area contributed by atoms with Gasteiger partial charge >= 0.3 is 5.97 Å². The van der Waals surface area contributed by atoms with E-state index in [4.69, 9.17) is 10.5 Å². The van der Waals surface area contributed by atoms with Gasteiger partial charge in [-0.2, -0.15) is 0 Å². The van der Waals surface area contributed by atoms with Crippen LogP contribution in [0.4, 0.5) is 11.5 Å².